The summed E-state index contributed by atoms with van der Waals surface area (Å²) in [6.07, 6.45) is 8.56. The fraction of sp³-hybridized carbons (Fsp3) is 0.435. The van der Waals surface area contributed by atoms with Gasteiger partial charge in [-0.1, -0.05) is 58.1 Å². The van der Waals surface area contributed by atoms with Crippen LogP contribution in [0.5, 0.6) is 5.75 Å². The lowest BCUT2D eigenvalue weighted by molar-refractivity contribution is 0.108. The molecule has 0 atom stereocenters. The summed E-state index contributed by atoms with van der Waals surface area (Å²) in [4.78, 5) is 13.4. The SMILES string of the molecule is CCCCCCCCOc1ccc(C(=O)Sc2ccc(CC)cc2)cc1. The molecule has 2 aromatic rings. The van der Waals surface area contributed by atoms with Crippen molar-refractivity contribution in [3.63, 3.8) is 0 Å². The van der Waals surface area contributed by atoms with Gasteiger partial charge >= 0.3 is 0 Å². The third-order valence-corrected chi connectivity index (χ3v) is 5.33. The molecule has 2 nitrogen and oxygen atoms in total. The highest BCUT2D eigenvalue weighted by Crippen LogP contribution is 2.24. The molecule has 0 aromatic heterocycles. The summed E-state index contributed by atoms with van der Waals surface area (Å²) < 4.78 is 5.77. The van der Waals surface area contributed by atoms with Gasteiger partial charge in [-0.15, -0.1) is 0 Å². The second-order valence-electron chi connectivity index (χ2n) is 6.53. The smallest absolute Gasteiger partial charge is 0.224 e. The van der Waals surface area contributed by atoms with Crippen LogP contribution in [0.15, 0.2) is 53.4 Å². The lowest BCUT2D eigenvalue weighted by Crippen LogP contribution is -1.98. The Morgan fingerprint density at radius 3 is 2.15 bits per heavy atom. The Morgan fingerprint density at radius 2 is 1.50 bits per heavy atom. The van der Waals surface area contributed by atoms with Crippen molar-refractivity contribution >= 4 is 16.9 Å². The Balaban J connectivity index is 1.74. The molecule has 0 unspecified atom stereocenters. The normalized spacial score (nSPS) is 10.7. The molecular formula is C23H30O2S. The van der Waals surface area contributed by atoms with Gasteiger partial charge in [0.15, 0.2) is 0 Å². The number of ether oxygens (including phenoxy) is 1. The van der Waals surface area contributed by atoms with E-state index in [-0.39, 0.29) is 5.12 Å². The largest absolute Gasteiger partial charge is 0.494 e. The predicted molar refractivity (Wildman–Crippen MR) is 111 cm³/mol. The summed E-state index contributed by atoms with van der Waals surface area (Å²) >= 11 is 1.27. The second kappa shape index (κ2) is 11.8. The zero-order chi connectivity index (χ0) is 18.6. The third kappa shape index (κ3) is 7.25. The Labute approximate surface area is 162 Å². The molecule has 0 heterocycles. The van der Waals surface area contributed by atoms with Gasteiger partial charge in [0.1, 0.15) is 5.75 Å². The van der Waals surface area contributed by atoms with Crippen molar-refractivity contribution in [2.45, 2.75) is 63.7 Å². The van der Waals surface area contributed by atoms with E-state index in [0.717, 1.165) is 30.1 Å². The minimum Gasteiger partial charge on any atom is -0.494 e. The first-order valence-corrected chi connectivity index (χ1v) is 10.6. The number of carbonyl (C=O) groups is 1. The van der Waals surface area contributed by atoms with E-state index in [2.05, 4.69) is 26.0 Å². The van der Waals surface area contributed by atoms with E-state index in [9.17, 15) is 4.79 Å². The van der Waals surface area contributed by atoms with Crippen LogP contribution >= 0.6 is 11.8 Å². The maximum absolute atomic E-state index is 12.4. The standard InChI is InChI=1S/C23H30O2S/c1-3-5-6-7-8-9-18-25-21-14-12-20(13-15-21)23(24)26-22-16-10-19(4-2)11-17-22/h10-17H,3-9,18H2,1-2H3. The summed E-state index contributed by atoms with van der Waals surface area (Å²) in [6, 6.07) is 15.7. The molecule has 3 heteroatoms. The van der Waals surface area contributed by atoms with Crippen molar-refractivity contribution in [3.8, 4) is 5.75 Å². The predicted octanol–water partition coefficient (Wildman–Crippen LogP) is 6.92. The molecule has 26 heavy (non-hydrogen) atoms. The summed E-state index contributed by atoms with van der Waals surface area (Å²) in [6.45, 7) is 5.11. The highest BCUT2D eigenvalue weighted by Gasteiger charge is 2.08. The molecule has 0 N–H and O–H groups in total. The summed E-state index contributed by atoms with van der Waals surface area (Å²) in [5.74, 6) is 0.840. The van der Waals surface area contributed by atoms with Gasteiger partial charge in [-0.25, -0.2) is 0 Å². The van der Waals surface area contributed by atoms with Crippen molar-refractivity contribution in [1.29, 1.82) is 0 Å². The van der Waals surface area contributed by atoms with Crippen LogP contribution in [0.4, 0.5) is 0 Å². The number of hydrogen-bond donors (Lipinski definition) is 0. The van der Waals surface area contributed by atoms with Crippen LogP contribution in [0.1, 0.15) is 68.3 Å². The van der Waals surface area contributed by atoms with Crippen LogP contribution in [-0.2, 0) is 6.42 Å². The zero-order valence-corrected chi connectivity index (χ0v) is 16.8. The topological polar surface area (TPSA) is 26.3 Å². The van der Waals surface area contributed by atoms with Gasteiger partial charge in [-0.2, -0.15) is 0 Å². The first kappa shape index (κ1) is 20.6. The maximum atomic E-state index is 12.4. The number of thioether (sulfide) groups is 1. The highest BCUT2D eigenvalue weighted by atomic mass is 32.2. The highest BCUT2D eigenvalue weighted by molar-refractivity contribution is 8.14. The van der Waals surface area contributed by atoms with Gasteiger partial charge in [0.05, 0.1) is 6.61 Å². The number of carbonyl (C=O) groups excluding carboxylic acids is 1. The Hall–Kier alpha value is -1.74. The summed E-state index contributed by atoms with van der Waals surface area (Å²) in [5.41, 5.74) is 2.00. The van der Waals surface area contributed by atoms with Gasteiger partial charge in [0.2, 0.25) is 5.12 Å². The third-order valence-electron chi connectivity index (χ3n) is 4.40. The zero-order valence-electron chi connectivity index (χ0n) is 16.0. The van der Waals surface area contributed by atoms with E-state index in [1.165, 1.54) is 49.4 Å². The molecule has 0 spiro atoms. The molecule has 0 saturated heterocycles. The van der Waals surface area contributed by atoms with Crippen molar-refractivity contribution < 1.29 is 9.53 Å². The van der Waals surface area contributed by atoms with Crippen LogP contribution in [0, 0.1) is 0 Å². The summed E-state index contributed by atoms with van der Waals surface area (Å²) in [5, 5.41) is 0.0664. The van der Waals surface area contributed by atoms with Gasteiger partial charge in [-0.3, -0.25) is 4.79 Å². The van der Waals surface area contributed by atoms with E-state index in [0.29, 0.717) is 5.56 Å². The molecule has 2 aromatic carbocycles. The summed E-state index contributed by atoms with van der Waals surface area (Å²) in [7, 11) is 0. The molecule has 0 amide bonds. The maximum Gasteiger partial charge on any atom is 0.224 e. The molecule has 0 radical (unpaired) electrons. The Morgan fingerprint density at radius 1 is 0.846 bits per heavy atom. The second-order valence-corrected chi connectivity index (χ2v) is 7.57. The van der Waals surface area contributed by atoms with Crippen LogP contribution in [0.25, 0.3) is 0 Å². The molecule has 0 fully saturated rings. The number of aryl methyl sites for hydroxylation is 1. The van der Waals surface area contributed by atoms with Crippen LogP contribution < -0.4 is 4.74 Å². The van der Waals surface area contributed by atoms with E-state index in [4.69, 9.17) is 4.74 Å². The molecule has 0 aliphatic heterocycles. The molecule has 2 rings (SSSR count). The first-order valence-electron chi connectivity index (χ1n) is 9.77. The van der Waals surface area contributed by atoms with Crippen molar-refractivity contribution in [3.05, 3.63) is 59.7 Å². The average molecular weight is 371 g/mol. The van der Waals surface area contributed by atoms with Gasteiger partial charge in [0.25, 0.3) is 0 Å². The van der Waals surface area contributed by atoms with Gasteiger partial charge in [-0.05, 0) is 66.6 Å². The first-order chi connectivity index (χ1) is 12.7. The molecule has 140 valence electrons. The minimum atomic E-state index is 0.0664. The lowest BCUT2D eigenvalue weighted by Gasteiger charge is -2.07. The average Bonchev–Trinajstić information content (AvgIpc) is 2.68. The van der Waals surface area contributed by atoms with E-state index in [1.54, 1.807) is 0 Å². The molecular weight excluding hydrogens is 340 g/mol. The van der Waals surface area contributed by atoms with Crippen molar-refractivity contribution in [2.75, 3.05) is 6.61 Å². The van der Waals surface area contributed by atoms with Crippen LogP contribution in [0.3, 0.4) is 0 Å². The number of benzene rings is 2. The molecule has 0 aliphatic rings. The van der Waals surface area contributed by atoms with Crippen molar-refractivity contribution in [2.24, 2.45) is 0 Å². The minimum absolute atomic E-state index is 0.0664. The molecule has 0 bridgehead atoms. The van der Waals surface area contributed by atoms with E-state index < -0.39 is 0 Å². The van der Waals surface area contributed by atoms with Gasteiger partial charge < -0.3 is 4.74 Å². The Kier molecular flexibility index (Phi) is 9.33. The molecule has 0 saturated carbocycles. The van der Waals surface area contributed by atoms with Gasteiger partial charge in [0, 0.05) is 10.5 Å². The fourth-order valence-electron chi connectivity index (χ4n) is 2.72. The number of rotatable bonds is 11. The monoisotopic (exact) mass is 370 g/mol. The van der Waals surface area contributed by atoms with Crippen LogP contribution in [-0.4, -0.2) is 11.7 Å². The Bertz CT molecular complexity index is 647. The van der Waals surface area contributed by atoms with E-state index >= 15 is 0 Å². The van der Waals surface area contributed by atoms with E-state index in [1.807, 2.05) is 36.4 Å². The fourth-order valence-corrected chi connectivity index (χ4v) is 3.46. The van der Waals surface area contributed by atoms with Crippen LogP contribution in [0.2, 0.25) is 0 Å². The number of hydrogen-bond acceptors (Lipinski definition) is 3. The molecule has 0 aliphatic carbocycles. The number of unbranched alkanes of at least 4 members (excludes halogenated alkanes) is 5. The van der Waals surface area contributed by atoms with Crippen molar-refractivity contribution in [1.82, 2.24) is 0 Å². The lowest BCUT2D eigenvalue weighted by atomic mass is 10.1. The quantitative estimate of drug-likeness (QED) is 0.317.